The normalized spacial score (nSPS) is 17.6. The van der Waals surface area contributed by atoms with E-state index in [2.05, 4.69) is 40.2 Å². The lowest BCUT2D eigenvalue weighted by atomic mass is 9.82. The number of hydrogen-bond donors (Lipinski definition) is 2. The molecule has 0 spiro atoms. The summed E-state index contributed by atoms with van der Waals surface area (Å²) in [5, 5.41) is 21.8. The third-order valence-electron chi connectivity index (χ3n) is 6.64. The molecular formula is C26H30N2O3S. The van der Waals surface area contributed by atoms with Gasteiger partial charge in [-0.2, -0.15) is 4.98 Å². The molecule has 32 heavy (non-hydrogen) atoms. The van der Waals surface area contributed by atoms with E-state index in [0.29, 0.717) is 31.3 Å². The molecule has 0 bridgehead atoms. The van der Waals surface area contributed by atoms with Gasteiger partial charge < -0.3 is 19.8 Å². The minimum atomic E-state index is 0.131. The molecular weight excluding hydrogens is 420 g/mol. The van der Waals surface area contributed by atoms with Gasteiger partial charge >= 0.3 is 0 Å². The molecule has 1 aliphatic carbocycles. The number of phenolic OH excluding ortho intramolecular Hbond substituents is 1. The fraction of sp³-hybridized carbons (Fsp3) is 0.423. The lowest BCUT2D eigenvalue weighted by Crippen LogP contribution is -2.36. The van der Waals surface area contributed by atoms with Crippen molar-refractivity contribution in [3.8, 4) is 22.8 Å². The SMILES string of the molecule is Oc1ccc(-c2cccc(Cc3sc(N4CCOCC4)nc3O)c2)cc1C1CCCCC1. The molecule has 2 fully saturated rings. The maximum absolute atomic E-state index is 10.5. The molecule has 0 atom stereocenters. The van der Waals surface area contributed by atoms with Crippen molar-refractivity contribution in [2.75, 3.05) is 31.2 Å². The minimum Gasteiger partial charge on any atom is -0.508 e. The van der Waals surface area contributed by atoms with Gasteiger partial charge in [-0.3, -0.25) is 0 Å². The Hall–Kier alpha value is -2.57. The first kappa shape index (κ1) is 21.3. The molecule has 168 valence electrons. The average Bonchev–Trinajstić information content (AvgIpc) is 3.21. The monoisotopic (exact) mass is 450 g/mol. The Bertz CT molecular complexity index is 1070. The first-order chi connectivity index (χ1) is 15.7. The van der Waals surface area contributed by atoms with E-state index in [0.717, 1.165) is 58.2 Å². The highest BCUT2D eigenvalue weighted by Gasteiger charge is 2.20. The Kier molecular flexibility index (Phi) is 6.32. The molecule has 1 aliphatic heterocycles. The molecule has 1 saturated carbocycles. The molecule has 2 aromatic carbocycles. The topological polar surface area (TPSA) is 65.8 Å². The summed E-state index contributed by atoms with van der Waals surface area (Å²) in [5.41, 5.74) is 4.50. The molecule has 2 heterocycles. The second-order valence-corrected chi connectivity index (χ2v) is 9.89. The molecule has 0 unspecified atom stereocenters. The Labute approximate surface area is 193 Å². The largest absolute Gasteiger partial charge is 0.508 e. The summed E-state index contributed by atoms with van der Waals surface area (Å²) >= 11 is 1.56. The Morgan fingerprint density at radius 2 is 1.75 bits per heavy atom. The van der Waals surface area contributed by atoms with Crippen LogP contribution in [0.25, 0.3) is 11.1 Å². The number of thiazole rings is 1. The number of phenols is 1. The van der Waals surface area contributed by atoms with Gasteiger partial charge in [-0.15, -0.1) is 0 Å². The second-order valence-electron chi connectivity index (χ2n) is 8.83. The number of anilines is 1. The zero-order valence-corrected chi connectivity index (χ0v) is 19.1. The third kappa shape index (κ3) is 4.62. The fourth-order valence-electron chi connectivity index (χ4n) is 4.86. The van der Waals surface area contributed by atoms with Crippen molar-refractivity contribution in [2.24, 2.45) is 0 Å². The zero-order valence-electron chi connectivity index (χ0n) is 18.3. The number of hydrogen-bond acceptors (Lipinski definition) is 6. The number of aromatic hydroxyl groups is 2. The van der Waals surface area contributed by atoms with Crippen LogP contribution in [0.2, 0.25) is 0 Å². The van der Waals surface area contributed by atoms with Crippen LogP contribution in [0.1, 0.15) is 54.0 Å². The standard InChI is InChI=1S/C26H30N2O3S/c29-23-10-9-21(17-22(23)19-6-2-1-3-7-19)20-8-4-5-18(15-20)16-24-25(30)27-26(32-24)28-11-13-31-14-12-28/h4-5,8-10,15,17,19,29-30H,1-3,6-7,11-14,16H2. The van der Waals surface area contributed by atoms with Crippen LogP contribution >= 0.6 is 11.3 Å². The lowest BCUT2D eigenvalue weighted by Gasteiger charge is -2.25. The van der Waals surface area contributed by atoms with E-state index in [-0.39, 0.29) is 5.88 Å². The van der Waals surface area contributed by atoms with Crippen LogP contribution < -0.4 is 4.90 Å². The second kappa shape index (κ2) is 9.51. The summed E-state index contributed by atoms with van der Waals surface area (Å²) in [7, 11) is 0. The Morgan fingerprint density at radius 3 is 2.56 bits per heavy atom. The van der Waals surface area contributed by atoms with Crippen molar-refractivity contribution in [2.45, 2.75) is 44.4 Å². The maximum Gasteiger partial charge on any atom is 0.227 e. The Morgan fingerprint density at radius 1 is 0.969 bits per heavy atom. The summed E-state index contributed by atoms with van der Waals surface area (Å²) in [5.74, 6) is 1.01. The van der Waals surface area contributed by atoms with Crippen LogP contribution in [-0.4, -0.2) is 41.5 Å². The van der Waals surface area contributed by atoms with E-state index < -0.39 is 0 Å². The Balaban J connectivity index is 1.37. The first-order valence-electron chi connectivity index (χ1n) is 11.6. The summed E-state index contributed by atoms with van der Waals surface area (Å²) < 4.78 is 5.42. The van der Waals surface area contributed by atoms with Gasteiger partial charge in [0.1, 0.15) is 5.75 Å². The number of rotatable bonds is 5. The minimum absolute atomic E-state index is 0.131. The summed E-state index contributed by atoms with van der Waals surface area (Å²) in [6.45, 7) is 3.03. The van der Waals surface area contributed by atoms with E-state index in [9.17, 15) is 10.2 Å². The van der Waals surface area contributed by atoms with Gasteiger partial charge in [0.25, 0.3) is 0 Å². The smallest absolute Gasteiger partial charge is 0.227 e. The van der Waals surface area contributed by atoms with Gasteiger partial charge in [-0.1, -0.05) is 60.9 Å². The van der Waals surface area contributed by atoms with Gasteiger partial charge in [-0.25, -0.2) is 0 Å². The van der Waals surface area contributed by atoms with Crippen LogP contribution in [0.5, 0.6) is 11.6 Å². The molecule has 0 amide bonds. The molecule has 2 N–H and O–H groups in total. The summed E-state index contributed by atoms with van der Waals surface area (Å²) in [6.07, 6.45) is 6.76. The highest BCUT2D eigenvalue weighted by molar-refractivity contribution is 7.15. The molecule has 1 saturated heterocycles. The number of morpholine rings is 1. The lowest BCUT2D eigenvalue weighted by molar-refractivity contribution is 0.122. The molecule has 5 rings (SSSR count). The van der Waals surface area contributed by atoms with Gasteiger partial charge in [-0.05, 0) is 53.1 Å². The number of ether oxygens (including phenoxy) is 1. The van der Waals surface area contributed by atoms with E-state index in [4.69, 9.17) is 4.74 Å². The third-order valence-corrected chi connectivity index (χ3v) is 7.75. The van der Waals surface area contributed by atoms with Crippen molar-refractivity contribution in [3.05, 3.63) is 58.5 Å². The van der Waals surface area contributed by atoms with Crippen LogP contribution in [0.3, 0.4) is 0 Å². The van der Waals surface area contributed by atoms with E-state index in [1.165, 1.54) is 19.3 Å². The predicted molar refractivity (Wildman–Crippen MR) is 129 cm³/mol. The highest BCUT2D eigenvalue weighted by atomic mass is 32.1. The maximum atomic E-state index is 10.5. The summed E-state index contributed by atoms with van der Waals surface area (Å²) in [6, 6.07) is 14.5. The molecule has 5 nitrogen and oxygen atoms in total. The zero-order chi connectivity index (χ0) is 21.9. The van der Waals surface area contributed by atoms with Crippen molar-refractivity contribution in [3.63, 3.8) is 0 Å². The quantitative estimate of drug-likeness (QED) is 0.522. The number of nitrogens with zero attached hydrogens (tertiary/aromatic N) is 2. The molecule has 0 radical (unpaired) electrons. The van der Waals surface area contributed by atoms with Crippen LogP contribution in [0.4, 0.5) is 5.13 Å². The molecule has 2 aliphatic rings. The van der Waals surface area contributed by atoms with Crippen LogP contribution in [0, 0.1) is 0 Å². The molecule has 3 aromatic rings. The van der Waals surface area contributed by atoms with E-state index in [1.807, 2.05) is 12.1 Å². The van der Waals surface area contributed by atoms with Crippen molar-refractivity contribution >= 4 is 16.5 Å². The average molecular weight is 451 g/mol. The van der Waals surface area contributed by atoms with Crippen molar-refractivity contribution in [1.29, 1.82) is 0 Å². The number of aromatic nitrogens is 1. The predicted octanol–water partition coefficient (Wildman–Crippen LogP) is 5.70. The fourth-order valence-corrected chi connectivity index (χ4v) is 5.90. The molecule has 1 aromatic heterocycles. The van der Waals surface area contributed by atoms with Gasteiger partial charge in [0.2, 0.25) is 5.88 Å². The van der Waals surface area contributed by atoms with Crippen molar-refractivity contribution < 1.29 is 14.9 Å². The van der Waals surface area contributed by atoms with E-state index in [1.54, 1.807) is 11.3 Å². The van der Waals surface area contributed by atoms with E-state index >= 15 is 0 Å². The molecule has 6 heteroatoms. The van der Waals surface area contributed by atoms with Gasteiger partial charge in [0.15, 0.2) is 5.13 Å². The summed E-state index contributed by atoms with van der Waals surface area (Å²) in [4.78, 5) is 7.46. The van der Waals surface area contributed by atoms with Crippen LogP contribution in [0.15, 0.2) is 42.5 Å². The van der Waals surface area contributed by atoms with Gasteiger partial charge in [0, 0.05) is 19.5 Å². The number of benzene rings is 2. The first-order valence-corrected chi connectivity index (χ1v) is 12.4. The van der Waals surface area contributed by atoms with Gasteiger partial charge in [0.05, 0.1) is 18.1 Å². The highest BCUT2D eigenvalue weighted by Crippen LogP contribution is 2.39. The van der Waals surface area contributed by atoms with Crippen molar-refractivity contribution in [1.82, 2.24) is 4.98 Å². The van der Waals surface area contributed by atoms with Crippen LogP contribution in [-0.2, 0) is 11.2 Å².